The van der Waals surface area contributed by atoms with Crippen molar-refractivity contribution >= 4 is 23.2 Å². The number of anilines is 1. The summed E-state index contributed by atoms with van der Waals surface area (Å²) in [7, 11) is 0. The van der Waals surface area contributed by atoms with Crippen LogP contribution in [-0.4, -0.2) is 41.5 Å². The van der Waals surface area contributed by atoms with Crippen LogP contribution < -0.4 is 11.1 Å². The van der Waals surface area contributed by atoms with Crippen molar-refractivity contribution in [2.75, 3.05) is 25.0 Å². The molecule has 3 N–H and O–H groups in total. The zero-order valence-corrected chi connectivity index (χ0v) is 10.9. The Labute approximate surface area is 111 Å². The fourth-order valence-corrected chi connectivity index (χ4v) is 2.13. The standard InChI is InChI=1S/C12H17ClN4O/c13-10-1-4-15-7-11(10)16-12(18)8-17-5-2-9(14)3-6-17/h1,4,7,9H,2-3,5-6,8,14H2,(H,16,18). The molecule has 18 heavy (non-hydrogen) atoms. The number of rotatable bonds is 3. The number of pyridine rings is 1. The van der Waals surface area contributed by atoms with Gasteiger partial charge in [-0.1, -0.05) is 11.6 Å². The zero-order chi connectivity index (χ0) is 13.0. The monoisotopic (exact) mass is 268 g/mol. The molecule has 0 radical (unpaired) electrons. The highest BCUT2D eigenvalue weighted by atomic mass is 35.5. The summed E-state index contributed by atoms with van der Waals surface area (Å²) in [5.41, 5.74) is 6.37. The molecule has 1 saturated heterocycles. The van der Waals surface area contributed by atoms with Gasteiger partial charge in [0.2, 0.25) is 5.91 Å². The van der Waals surface area contributed by atoms with E-state index >= 15 is 0 Å². The summed E-state index contributed by atoms with van der Waals surface area (Å²) in [5, 5.41) is 3.26. The Morgan fingerprint density at radius 3 is 2.94 bits per heavy atom. The first-order valence-corrected chi connectivity index (χ1v) is 6.40. The first-order chi connectivity index (χ1) is 8.65. The Kier molecular flexibility index (Phi) is 4.52. The lowest BCUT2D eigenvalue weighted by Crippen LogP contribution is -2.43. The number of nitrogens with one attached hydrogen (secondary N) is 1. The molecular formula is C12H17ClN4O. The Bertz CT molecular complexity index is 418. The molecule has 0 aliphatic carbocycles. The molecule has 2 rings (SSSR count). The molecule has 1 aliphatic heterocycles. The summed E-state index contributed by atoms with van der Waals surface area (Å²) < 4.78 is 0. The second-order valence-corrected chi connectivity index (χ2v) is 4.92. The normalized spacial score (nSPS) is 17.7. The lowest BCUT2D eigenvalue weighted by Gasteiger charge is -2.29. The summed E-state index contributed by atoms with van der Waals surface area (Å²) in [4.78, 5) is 17.9. The molecular weight excluding hydrogens is 252 g/mol. The molecule has 0 bridgehead atoms. The molecule has 1 fully saturated rings. The number of likely N-dealkylation sites (tertiary alicyclic amines) is 1. The number of halogens is 1. The number of hydrogen-bond donors (Lipinski definition) is 2. The maximum atomic E-state index is 11.8. The van der Waals surface area contributed by atoms with Crippen LogP contribution in [0.3, 0.4) is 0 Å². The molecule has 5 nitrogen and oxygen atoms in total. The van der Waals surface area contributed by atoms with Gasteiger partial charge in [-0.2, -0.15) is 0 Å². The van der Waals surface area contributed by atoms with Crippen molar-refractivity contribution in [2.24, 2.45) is 5.73 Å². The summed E-state index contributed by atoms with van der Waals surface area (Å²) in [6.45, 7) is 2.11. The van der Waals surface area contributed by atoms with Gasteiger partial charge in [-0.3, -0.25) is 14.7 Å². The summed E-state index contributed by atoms with van der Waals surface area (Å²) in [5.74, 6) is -0.0691. The van der Waals surface area contributed by atoms with E-state index in [0.717, 1.165) is 25.9 Å². The van der Waals surface area contributed by atoms with Crippen LogP contribution in [0.15, 0.2) is 18.5 Å². The molecule has 1 aliphatic rings. The lowest BCUT2D eigenvalue weighted by atomic mass is 10.1. The van der Waals surface area contributed by atoms with Crippen molar-refractivity contribution in [3.63, 3.8) is 0 Å². The largest absolute Gasteiger partial charge is 0.328 e. The van der Waals surface area contributed by atoms with Gasteiger partial charge in [-0.15, -0.1) is 0 Å². The molecule has 0 unspecified atom stereocenters. The van der Waals surface area contributed by atoms with E-state index < -0.39 is 0 Å². The zero-order valence-electron chi connectivity index (χ0n) is 10.1. The van der Waals surface area contributed by atoms with E-state index in [-0.39, 0.29) is 11.9 Å². The predicted molar refractivity (Wildman–Crippen MR) is 71.5 cm³/mol. The molecule has 0 aromatic carbocycles. The van der Waals surface area contributed by atoms with E-state index in [1.807, 2.05) is 0 Å². The van der Waals surface area contributed by atoms with Crippen molar-refractivity contribution < 1.29 is 4.79 Å². The Morgan fingerprint density at radius 2 is 2.28 bits per heavy atom. The van der Waals surface area contributed by atoms with E-state index in [0.29, 0.717) is 17.3 Å². The van der Waals surface area contributed by atoms with Gasteiger partial charge < -0.3 is 11.1 Å². The van der Waals surface area contributed by atoms with Crippen LogP contribution >= 0.6 is 11.6 Å². The van der Waals surface area contributed by atoms with E-state index in [9.17, 15) is 4.79 Å². The minimum atomic E-state index is -0.0691. The highest BCUT2D eigenvalue weighted by Gasteiger charge is 2.18. The van der Waals surface area contributed by atoms with Crippen LogP contribution in [0.5, 0.6) is 0 Å². The van der Waals surface area contributed by atoms with Crippen LogP contribution in [0, 0.1) is 0 Å². The smallest absolute Gasteiger partial charge is 0.238 e. The molecule has 0 saturated carbocycles. The highest BCUT2D eigenvalue weighted by molar-refractivity contribution is 6.33. The van der Waals surface area contributed by atoms with Gasteiger partial charge in [0.05, 0.1) is 23.5 Å². The first kappa shape index (κ1) is 13.3. The SMILES string of the molecule is NC1CCN(CC(=O)Nc2cnccc2Cl)CC1. The van der Waals surface area contributed by atoms with Crippen molar-refractivity contribution in [3.8, 4) is 0 Å². The number of piperidine rings is 1. The van der Waals surface area contributed by atoms with Crippen molar-refractivity contribution in [2.45, 2.75) is 18.9 Å². The van der Waals surface area contributed by atoms with Crippen molar-refractivity contribution in [1.29, 1.82) is 0 Å². The van der Waals surface area contributed by atoms with Crippen LogP contribution in [0.2, 0.25) is 5.02 Å². The maximum absolute atomic E-state index is 11.8. The fraction of sp³-hybridized carbons (Fsp3) is 0.500. The third-order valence-corrected chi connectivity index (χ3v) is 3.37. The number of hydrogen-bond acceptors (Lipinski definition) is 4. The lowest BCUT2D eigenvalue weighted by molar-refractivity contribution is -0.117. The Balaban J connectivity index is 1.84. The van der Waals surface area contributed by atoms with Crippen molar-refractivity contribution in [3.05, 3.63) is 23.5 Å². The van der Waals surface area contributed by atoms with Crippen molar-refractivity contribution in [1.82, 2.24) is 9.88 Å². The third kappa shape index (κ3) is 3.66. The summed E-state index contributed by atoms with van der Waals surface area (Å²) >= 11 is 5.95. The quantitative estimate of drug-likeness (QED) is 0.861. The molecule has 1 aromatic heterocycles. The molecule has 0 atom stereocenters. The summed E-state index contributed by atoms with van der Waals surface area (Å²) in [6, 6.07) is 1.92. The molecule has 0 spiro atoms. The molecule has 1 aromatic rings. The van der Waals surface area contributed by atoms with Gasteiger partial charge >= 0.3 is 0 Å². The topological polar surface area (TPSA) is 71.2 Å². The number of nitrogens with zero attached hydrogens (tertiary/aromatic N) is 2. The number of nitrogens with two attached hydrogens (primary N) is 1. The second kappa shape index (κ2) is 6.13. The van der Waals surface area contributed by atoms with Crippen LogP contribution in [0.25, 0.3) is 0 Å². The molecule has 1 amide bonds. The second-order valence-electron chi connectivity index (χ2n) is 4.52. The van der Waals surface area contributed by atoms with Crippen LogP contribution in [0.4, 0.5) is 5.69 Å². The third-order valence-electron chi connectivity index (χ3n) is 3.04. The van der Waals surface area contributed by atoms with Crippen LogP contribution in [0.1, 0.15) is 12.8 Å². The Hall–Kier alpha value is -1.17. The average Bonchev–Trinajstić information content (AvgIpc) is 2.35. The maximum Gasteiger partial charge on any atom is 0.238 e. The number of aromatic nitrogens is 1. The minimum Gasteiger partial charge on any atom is -0.328 e. The Morgan fingerprint density at radius 1 is 1.56 bits per heavy atom. The van der Waals surface area contributed by atoms with E-state index in [2.05, 4.69) is 15.2 Å². The summed E-state index contributed by atoms with van der Waals surface area (Å²) in [6.07, 6.45) is 5.03. The van der Waals surface area contributed by atoms with Gasteiger partial charge in [0, 0.05) is 25.3 Å². The van der Waals surface area contributed by atoms with E-state index in [4.69, 9.17) is 17.3 Å². The van der Waals surface area contributed by atoms with Gasteiger partial charge in [0.15, 0.2) is 0 Å². The van der Waals surface area contributed by atoms with E-state index in [1.165, 1.54) is 0 Å². The van der Waals surface area contributed by atoms with E-state index in [1.54, 1.807) is 18.5 Å². The number of amides is 1. The molecule has 2 heterocycles. The average molecular weight is 269 g/mol. The van der Waals surface area contributed by atoms with Crippen LogP contribution in [-0.2, 0) is 4.79 Å². The highest BCUT2D eigenvalue weighted by Crippen LogP contribution is 2.19. The molecule has 98 valence electrons. The minimum absolute atomic E-state index is 0.0691. The number of carbonyl (C=O) groups excluding carboxylic acids is 1. The van der Waals surface area contributed by atoms with Gasteiger partial charge in [0.1, 0.15) is 0 Å². The van der Waals surface area contributed by atoms with Gasteiger partial charge in [0.25, 0.3) is 0 Å². The predicted octanol–water partition coefficient (Wildman–Crippen LogP) is 1.10. The number of carbonyl (C=O) groups is 1. The van der Waals surface area contributed by atoms with Gasteiger partial charge in [-0.25, -0.2) is 0 Å². The fourth-order valence-electron chi connectivity index (χ4n) is 1.97. The first-order valence-electron chi connectivity index (χ1n) is 6.02. The molecule has 6 heteroatoms. The van der Waals surface area contributed by atoms with Gasteiger partial charge in [-0.05, 0) is 18.9 Å².